The van der Waals surface area contributed by atoms with Crippen molar-refractivity contribution >= 4 is 0 Å². The number of rotatable bonds is 4. The summed E-state index contributed by atoms with van der Waals surface area (Å²) in [5.74, 6) is 0. The Balaban J connectivity index is 2.41. The van der Waals surface area contributed by atoms with Gasteiger partial charge in [0, 0.05) is 0 Å². The lowest BCUT2D eigenvalue weighted by Gasteiger charge is -2.29. The van der Waals surface area contributed by atoms with Gasteiger partial charge in [-0.1, -0.05) is 11.6 Å². The Kier molecular flexibility index (Phi) is 4.35. The van der Waals surface area contributed by atoms with Crippen LogP contribution in [0.15, 0.2) is 11.6 Å². The van der Waals surface area contributed by atoms with Crippen LogP contribution >= 0.6 is 0 Å². The molecule has 0 amide bonds. The highest BCUT2D eigenvalue weighted by molar-refractivity contribution is 4.96. The van der Waals surface area contributed by atoms with E-state index in [1.54, 1.807) is 0 Å². The van der Waals surface area contributed by atoms with Crippen molar-refractivity contribution < 1.29 is 9.84 Å². The maximum Gasteiger partial charge on any atom is 0.0883 e. The molecule has 1 aliphatic rings. The third-order valence-corrected chi connectivity index (χ3v) is 3.13. The number of allylic oxidation sites excluding steroid dienone is 2. The Bertz CT molecular complexity index is 227. The third-order valence-electron chi connectivity index (χ3n) is 3.13. The van der Waals surface area contributed by atoms with Gasteiger partial charge in [-0.05, 0) is 53.4 Å². The molecule has 0 aliphatic carbocycles. The molecular formula is C13H24O2. The van der Waals surface area contributed by atoms with Gasteiger partial charge in [-0.3, -0.25) is 0 Å². The van der Waals surface area contributed by atoms with Gasteiger partial charge in [-0.15, -0.1) is 0 Å². The zero-order chi connectivity index (χ0) is 11.5. The number of hydrogen-bond acceptors (Lipinski definition) is 2. The van der Waals surface area contributed by atoms with Gasteiger partial charge >= 0.3 is 0 Å². The molecule has 2 heteroatoms. The summed E-state index contributed by atoms with van der Waals surface area (Å²) < 4.78 is 5.71. The molecule has 0 bridgehead atoms. The first-order chi connectivity index (χ1) is 6.92. The molecule has 0 aromatic rings. The van der Waals surface area contributed by atoms with Crippen LogP contribution in [0, 0.1) is 0 Å². The molecule has 0 spiro atoms. The summed E-state index contributed by atoms with van der Waals surface area (Å²) in [6, 6.07) is 0. The molecule has 1 rings (SSSR count). The predicted octanol–water partition coefficient (Wildman–Crippen LogP) is 3.05. The van der Waals surface area contributed by atoms with Crippen molar-refractivity contribution in [3.05, 3.63) is 11.6 Å². The minimum atomic E-state index is -0.670. The van der Waals surface area contributed by atoms with E-state index in [2.05, 4.69) is 26.8 Å². The second kappa shape index (κ2) is 5.13. The lowest BCUT2D eigenvalue weighted by molar-refractivity contribution is -0.0930. The second-order valence-electron chi connectivity index (χ2n) is 5.19. The topological polar surface area (TPSA) is 29.5 Å². The molecule has 1 N–H and O–H groups in total. The minimum Gasteiger partial charge on any atom is -0.387 e. The Morgan fingerprint density at radius 3 is 2.60 bits per heavy atom. The van der Waals surface area contributed by atoms with Gasteiger partial charge in [0.15, 0.2) is 0 Å². The van der Waals surface area contributed by atoms with E-state index in [1.165, 1.54) is 5.57 Å². The molecule has 88 valence electrons. The van der Waals surface area contributed by atoms with Crippen molar-refractivity contribution in [3.63, 3.8) is 0 Å². The Hall–Kier alpha value is -0.340. The largest absolute Gasteiger partial charge is 0.387 e. The summed E-state index contributed by atoms with van der Waals surface area (Å²) >= 11 is 0. The average Bonchev–Trinajstić information content (AvgIpc) is 2.51. The van der Waals surface area contributed by atoms with Crippen molar-refractivity contribution in [2.24, 2.45) is 0 Å². The van der Waals surface area contributed by atoms with Gasteiger partial charge in [-0.25, -0.2) is 0 Å². The molecule has 0 radical (unpaired) electrons. The third kappa shape index (κ3) is 3.96. The molecule has 0 unspecified atom stereocenters. The van der Waals surface area contributed by atoms with E-state index in [0.29, 0.717) is 6.10 Å². The summed E-state index contributed by atoms with van der Waals surface area (Å²) in [6.07, 6.45) is 6.29. The first-order valence-corrected chi connectivity index (χ1v) is 5.93. The lowest BCUT2D eigenvalue weighted by atomic mass is 9.91. The Labute approximate surface area is 93.3 Å². The standard InChI is InChI=1S/C13H24O2/c1-10(2)6-5-9-13(4,14)12-8-7-11(3)15-12/h6,11-12,14H,5,7-9H2,1-4H3/t11-,12+,13-/m0/s1. The van der Waals surface area contributed by atoms with Crippen molar-refractivity contribution in [2.45, 2.75) is 71.2 Å². The van der Waals surface area contributed by atoms with Crippen LogP contribution in [0.25, 0.3) is 0 Å². The lowest BCUT2D eigenvalue weighted by Crippen LogP contribution is -2.39. The average molecular weight is 212 g/mol. The zero-order valence-corrected chi connectivity index (χ0v) is 10.4. The van der Waals surface area contributed by atoms with Gasteiger partial charge in [0.1, 0.15) is 0 Å². The summed E-state index contributed by atoms with van der Waals surface area (Å²) in [6.45, 7) is 8.15. The van der Waals surface area contributed by atoms with Gasteiger partial charge in [0.05, 0.1) is 17.8 Å². The smallest absolute Gasteiger partial charge is 0.0883 e. The van der Waals surface area contributed by atoms with E-state index in [4.69, 9.17) is 4.74 Å². The maximum atomic E-state index is 10.3. The van der Waals surface area contributed by atoms with Crippen LogP contribution < -0.4 is 0 Å². The van der Waals surface area contributed by atoms with Crippen LogP contribution in [0.5, 0.6) is 0 Å². The molecule has 1 heterocycles. The fraction of sp³-hybridized carbons (Fsp3) is 0.846. The van der Waals surface area contributed by atoms with Crippen LogP contribution in [0.1, 0.15) is 53.4 Å². The predicted molar refractivity (Wildman–Crippen MR) is 62.9 cm³/mol. The fourth-order valence-electron chi connectivity index (χ4n) is 2.07. The molecule has 1 aliphatic heterocycles. The highest BCUT2D eigenvalue weighted by Crippen LogP contribution is 2.30. The van der Waals surface area contributed by atoms with E-state index < -0.39 is 5.60 Å². The van der Waals surface area contributed by atoms with Gasteiger partial charge in [0.2, 0.25) is 0 Å². The zero-order valence-electron chi connectivity index (χ0n) is 10.4. The molecule has 2 nitrogen and oxygen atoms in total. The molecule has 3 atom stereocenters. The maximum absolute atomic E-state index is 10.3. The monoisotopic (exact) mass is 212 g/mol. The first-order valence-electron chi connectivity index (χ1n) is 5.93. The fourth-order valence-corrected chi connectivity index (χ4v) is 2.07. The van der Waals surface area contributed by atoms with E-state index in [-0.39, 0.29) is 6.10 Å². The number of aliphatic hydroxyl groups is 1. The van der Waals surface area contributed by atoms with Crippen LogP contribution in [0.2, 0.25) is 0 Å². The van der Waals surface area contributed by atoms with Gasteiger partial charge in [-0.2, -0.15) is 0 Å². The molecule has 15 heavy (non-hydrogen) atoms. The molecule has 0 aromatic heterocycles. The van der Waals surface area contributed by atoms with Crippen LogP contribution in [0.3, 0.4) is 0 Å². The van der Waals surface area contributed by atoms with Crippen molar-refractivity contribution in [3.8, 4) is 0 Å². The van der Waals surface area contributed by atoms with Crippen LogP contribution in [-0.2, 0) is 4.74 Å². The quantitative estimate of drug-likeness (QED) is 0.726. The molecule has 1 fully saturated rings. The van der Waals surface area contributed by atoms with Crippen molar-refractivity contribution in [1.29, 1.82) is 0 Å². The summed E-state index contributed by atoms with van der Waals surface area (Å²) in [5.41, 5.74) is 0.642. The highest BCUT2D eigenvalue weighted by Gasteiger charge is 2.36. The van der Waals surface area contributed by atoms with Crippen LogP contribution in [-0.4, -0.2) is 22.9 Å². The van der Waals surface area contributed by atoms with Crippen molar-refractivity contribution in [1.82, 2.24) is 0 Å². The van der Waals surface area contributed by atoms with E-state index >= 15 is 0 Å². The summed E-state index contributed by atoms with van der Waals surface area (Å²) in [7, 11) is 0. The highest BCUT2D eigenvalue weighted by atomic mass is 16.5. The molecular weight excluding hydrogens is 188 g/mol. The SMILES string of the molecule is CC(C)=CCC[C@](C)(O)[C@H]1CC[C@H](C)O1. The first kappa shape index (κ1) is 12.7. The molecule has 0 aromatic carbocycles. The summed E-state index contributed by atoms with van der Waals surface area (Å²) in [4.78, 5) is 0. The van der Waals surface area contributed by atoms with E-state index in [0.717, 1.165) is 25.7 Å². The Morgan fingerprint density at radius 1 is 1.47 bits per heavy atom. The van der Waals surface area contributed by atoms with Gasteiger partial charge in [0.25, 0.3) is 0 Å². The van der Waals surface area contributed by atoms with Crippen LogP contribution in [0.4, 0.5) is 0 Å². The molecule has 0 saturated carbocycles. The Morgan fingerprint density at radius 2 is 2.13 bits per heavy atom. The normalized spacial score (nSPS) is 29.9. The number of ether oxygens (including phenoxy) is 1. The number of hydrogen-bond donors (Lipinski definition) is 1. The van der Waals surface area contributed by atoms with Crippen molar-refractivity contribution in [2.75, 3.05) is 0 Å². The summed E-state index contributed by atoms with van der Waals surface area (Å²) in [5, 5.41) is 10.3. The second-order valence-corrected chi connectivity index (χ2v) is 5.19. The van der Waals surface area contributed by atoms with E-state index in [9.17, 15) is 5.11 Å². The molecule has 1 saturated heterocycles. The van der Waals surface area contributed by atoms with E-state index in [1.807, 2.05) is 6.92 Å². The van der Waals surface area contributed by atoms with Gasteiger partial charge < -0.3 is 9.84 Å². The minimum absolute atomic E-state index is 0.0260.